The SMILES string of the molecule is N#CCCOc1oc(=O)c2ccccc2c1Cl. The average Bonchev–Trinajstić information content (AvgIpc) is 2.36. The summed E-state index contributed by atoms with van der Waals surface area (Å²) in [7, 11) is 0. The van der Waals surface area contributed by atoms with E-state index in [1.54, 1.807) is 24.3 Å². The van der Waals surface area contributed by atoms with Gasteiger partial charge in [0, 0.05) is 5.39 Å². The van der Waals surface area contributed by atoms with E-state index >= 15 is 0 Å². The van der Waals surface area contributed by atoms with E-state index in [9.17, 15) is 4.79 Å². The maximum absolute atomic E-state index is 11.6. The topological polar surface area (TPSA) is 63.2 Å². The number of hydrogen-bond donors (Lipinski definition) is 0. The number of hydrogen-bond acceptors (Lipinski definition) is 4. The molecule has 2 rings (SSSR count). The van der Waals surface area contributed by atoms with E-state index in [0.29, 0.717) is 10.8 Å². The first-order valence-electron chi connectivity index (χ1n) is 4.95. The van der Waals surface area contributed by atoms with Crippen LogP contribution in [-0.2, 0) is 0 Å². The monoisotopic (exact) mass is 249 g/mol. The lowest BCUT2D eigenvalue weighted by Gasteiger charge is -2.06. The smallest absolute Gasteiger partial charge is 0.346 e. The van der Waals surface area contributed by atoms with Gasteiger partial charge >= 0.3 is 11.6 Å². The normalized spacial score (nSPS) is 10.1. The zero-order valence-electron chi connectivity index (χ0n) is 8.77. The Morgan fingerprint density at radius 3 is 2.76 bits per heavy atom. The summed E-state index contributed by atoms with van der Waals surface area (Å²) in [6.07, 6.45) is 0.201. The van der Waals surface area contributed by atoms with Crippen molar-refractivity contribution in [2.24, 2.45) is 0 Å². The molecule has 0 spiro atoms. The van der Waals surface area contributed by atoms with Crippen LogP contribution < -0.4 is 10.4 Å². The molecule has 4 nitrogen and oxygen atoms in total. The molecule has 0 saturated carbocycles. The zero-order valence-corrected chi connectivity index (χ0v) is 9.53. The summed E-state index contributed by atoms with van der Waals surface area (Å²) < 4.78 is 10.1. The lowest BCUT2D eigenvalue weighted by atomic mass is 10.2. The minimum atomic E-state index is -0.503. The van der Waals surface area contributed by atoms with Gasteiger partial charge in [-0.15, -0.1) is 0 Å². The minimum absolute atomic E-state index is 0.0365. The van der Waals surface area contributed by atoms with Crippen molar-refractivity contribution in [3.05, 3.63) is 39.7 Å². The third-order valence-electron chi connectivity index (χ3n) is 2.20. The molecule has 0 amide bonds. The van der Waals surface area contributed by atoms with Crippen molar-refractivity contribution in [2.45, 2.75) is 6.42 Å². The predicted octanol–water partition coefficient (Wildman–Crippen LogP) is 2.74. The molecule has 2 aromatic rings. The van der Waals surface area contributed by atoms with E-state index in [1.165, 1.54) is 0 Å². The first kappa shape index (κ1) is 11.5. The molecule has 0 aliphatic heterocycles. The van der Waals surface area contributed by atoms with Crippen molar-refractivity contribution >= 4 is 22.4 Å². The third-order valence-corrected chi connectivity index (χ3v) is 2.55. The van der Waals surface area contributed by atoms with E-state index < -0.39 is 5.63 Å². The second-order valence-electron chi connectivity index (χ2n) is 3.29. The van der Waals surface area contributed by atoms with E-state index in [0.717, 1.165) is 0 Å². The number of nitrogens with zero attached hydrogens (tertiary/aromatic N) is 1. The van der Waals surface area contributed by atoms with Crippen molar-refractivity contribution in [1.29, 1.82) is 5.26 Å². The van der Waals surface area contributed by atoms with Gasteiger partial charge in [0.15, 0.2) is 0 Å². The molecule has 17 heavy (non-hydrogen) atoms. The summed E-state index contributed by atoms with van der Waals surface area (Å²) in [6, 6.07) is 8.76. The summed E-state index contributed by atoms with van der Waals surface area (Å²) in [4.78, 5) is 11.6. The highest BCUT2D eigenvalue weighted by atomic mass is 35.5. The van der Waals surface area contributed by atoms with E-state index in [4.69, 9.17) is 26.0 Å². The number of rotatable bonds is 3. The van der Waals surface area contributed by atoms with Crippen LogP contribution >= 0.6 is 11.6 Å². The van der Waals surface area contributed by atoms with Gasteiger partial charge in [0.2, 0.25) is 0 Å². The van der Waals surface area contributed by atoms with Gasteiger partial charge in [0.1, 0.15) is 11.6 Å². The molecule has 1 aromatic heterocycles. The lowest BCUT2D eigenvalue weighted by molar-refractivity contribution is 0.238. The number of halogens is 1. The first-order chi connectivity index (χ1) is 8.24. The van der Waals surface area contributed by atoms with Crippen LogP contribution in [0.25, 0.3) is 10.8 Å². The van der Waals surface area contributed by atoms with Crippen molar-refractivity contribution in [3.63, 3.8) is 0 Å². The highest BCUT2D eigenvalue weighted by Crippen LogP contribution is 2.30. The Bertz CT molecular complexity index is 642. The highest BCUT2D eigenvalue weighted by molar-refractivity contribution is 6.36. The summed E-state index contributed by atoms with van der Waals surface area (Å²) in [5.74, 6) is -0.0365. The van der Waals surface area contributed by atoms with E-state index in [2.05, 4.69) is 0 Å². The largest absolute Gasteiger partial charge is 0.463 e. The van der Waals surface area contributed by atoms with Crippen molar-refractivity contribution < 1.29 is 9.15 Å². The van der Waals surface area contributed by atoms with Gasteiger partial charge in [0.25, 0.3) is 0 Å². The standard InChI is InChI=1S/C12H8ClNO3/c13-10-8-4-1-2-5-9(8)11(15)17-12(10)16-7-3-6-14/h1-2,4-5H,3,7H2. The second kappa shape index (κ2) is 4.89. The molecular weight excluding hydrogens is 242 g/mol. The van der Waals surface area contributed by atoms with Crippen molar-refractivity contribution in [2.75, 3.05) is 6.61 Å². The molecular formula is C12H8ClNO3. The quantitative estimate of drug-likeness (QED) is 0.785. The molecule has 0 bridgehead atoms. The van der Waals surface area contributed by atoms with Crippen LogP contribution in [0.3, 0.4) is 0 Å². The van der Waals surface area contributed by atoms with Crippen molar-refractivity contribution in [1.82, 2.24) is 0 Å². The molecule has 0 aliphatic carbocycles. The summed E-state index contributed by atoms with van der Waals surface area (Å²) in [6.45, 7) is 0.136. The van der Waals surface area contributed by atoms with Crippen LogP contribution in [0.2, 0.25) is 5.02 Å². The van der Waals surface area contributed by atoms with Gasteiger partial charge < -0.3 is 9.15 Å². The summed E-state index contributed by atoms with van der Waals surface area (Å²) >= 11 is 6.05. The number of fused-ring (bicyclic) bond motifs is 1. The molecule has 0 radical (unpaired) electrons. The molecule has 86 valence electrons. The third kappa shape index (κ3) is 2.24. The van der Waals surface area contributed by atoms with Crippen LogP contribution in [0.4, 0.5) is 0 Å². The Morgan fingerprint density at radius 1 is 1.35 bits per heavy atom. The summed E-state index contributed by atoms with van der Waals surface area (Å²) in [5.41, 5.74) is -0.503. The lowest BCUT2D eigenvalue weighted by Crippen LogP contribution is -2.04. The Kier molecular flexibility index (Phi) is 3.31. The minimum Gasteiger partial charge on any atom is -0.463 e. The van der Waals surface area contributed by atoms with Gasteiger partial charge in [-0.2, -0.15) is 5.26 Å². The second-order valence-corrected chi connectivity index (χ2v) is 3.67. The Morgan fingerprint density at radius 2 is 2.06 bits per heavy atom. The molecule has 5 heteroatoms. The average molecular weight is 250 g/mol. The zero-order chi connectivity index (χ0) is 12.3. The van der Waals surface area contributed by atoms with Crippen LogP contribution in [0.1, 0.15) is 6.42 Å². The van der Waals surface area contributed by atoms with Crippen LogP contribution in [0, 0.1) is 11.3 Å². The van der Waals surface area contributed by atoms with E-state index in [1.807, 2.05) is 6.07 Å². The number of nitriles is 1. The van der Waals surface area contributed by atoms with Gasteiger partial charge in [-0.3, -0.25) is 0 Å². The van der Waals surface area contributed by atoms with Crippen LogP contribution in [0.15, 0.2) is 33.5 Å². The molecule has 1 heterocycles. The fraction of sp³-hybridized carbons (Fsp3) is 0.167. The molecule has 0 fully saturated rings. The molecule has 0 atom stereocenters. The van der Waals surface area contributed by atoms with Crippen LogP contribution in [-0.4, -0.2) is 6.61 Å². The molecule has 0 aliphatic rings. The van der Waals surface area contributed by atoms with Gasteiger partial charge in [0.05, 0.1) is 17.9 Å². The number of ether oxygens (including phenoxy) is 1. The molecule has 0 unspecified atom stereocenters. The predicted molar refractivity (Wildman–Crippen MR) is 63.2 cm³/mol. The maximum Gasteiger partial charge on any atom is 0.346 e. The fourth-order valence-corrected chi connectivity index (χ4v) is 1.69. The van der Waals surface area contributed by atoms with E-state index in [-0.39, 0.29) is 24.0 Å². The van der Waals surface area contributed by atoms with Gasteiger partial charge in [-0.05, 0) is 6.07 Å². The first-order valence-corrected chi connectivity index (χ1v) is 5.33. The molecule has 0 N–H and O–H groups in total. The maximum atomic E-state index is 11.6. The van der Waals surface area contributed by atoms with Gasteiger partial charge in [-0.1, -0.05) is 29.8 Å². The summed E-state index contributed by atoms with van der Waals surface area (Å²) in [5, 5.41) is 9.62. The highest BCUT2D eigenvalue weighted by Gasteiger charge is 2.12. The van der Waals surface area contributed by atoms with Crippen molar-refractivity contribution in [3.8, 4) is 12.0 Å². The Balaban J connectivity index is 2.49. The Labute approximate surface area is 102 Å². The number of benzene rings is 1. The Hall–Kier alpha value is -1.99. The van der Waals surface area contributed by atoms with Gasteiger partial charge in [-0.25, -0.2) is 4.79 Å². The molecule has 1 aromatic carbocycles. The van der Waals surface area contributed by atoms with Crippen LogP contribution in [0.5, 0.6) is 5.95 Å². The fourth-order valence-electron chi connectivity index (χ4n) is 1.43. The molecule has 0 saturated heterocycles.